The molecule has 2 aromatic rings. The molecular weight excluding hydrogens is 314 g/mol. The summed E-state index contributed by atoms with van der Waals surface area (Å²) in [6.07, 6.45) is 5.17. The molecule has 2 aromatic heterocycles. The molecule has 1 aliphatic carbocycles. The zero-order valence-electron chi connectivity index (χ0n) is 13.4. The largest absolute Gasteiger partial charge is 0.339 e. The maximum atomic E-state index is 12.3. The number of hydrogen-bond acceptors (Lipinski definition) is 7. The maximum absolute atomic E-state index is 12.3. The first-order chi connectivity index (χ1) is 11.2. The molecule has 1 N–H and O–H groups in total. The molecule has 0 saturated heterocycles. The van der Waals surface area contributed by atoms with Crippen LogP contribution >= 0.6 is 11.3 Å². The Kier molecular flexibility index (Phi) is 5.02. The number of thiazole rings is 1. The second kappa shape index (κ2) is 7.18. The molecule has 8 heteroatoms. The number of likely N-dealkylation sites (N-methyl/N-ethyl adjacent to an activating group) is 1. The number of nitrogens with one attached hydrogen (secondary N) is 1. The minimum absolute atomic E-state index is 0.0792. The predicted molar refractivity (Wildman–Crippen MR) is 87.2 cm³/mol. The molecular formula is C15H21N5O2S. The zero-order valence-corrected chi connectivity index (χ0v) is 14.2. The van der Waals surface area contributed by atoms with E-state index >= 15 is 0 Å². The predicted octanol–water partition coefficient (Wildman–Crippen LogP) is 2.64. The van der Waals surface area contributed by atoms with Crippen molar-refractivity contribution in [2.45, 2.75) is 51.6 Å². The Morgan fingerprint density at radius 3 is 3.00 bits per heavy atom. The van der Waals surface area contributed by atoms with Gasteiger partial charge in [0.25, 0.3) is 0 Å². The molecule has 3 rings (SSSR count). The molecule has 0 aliphatic heterocycles. The molecule has 2 heterocycles. The van der Waals surface area contributed by atoms with Gasteiger partial charge in [0.2, 0.25) is 11.8 Å². The SMILES string of the molecule is CCN(Cc1noc(C2CCC2)n1)C(C)C(=O)Nc1nccs1. The van der Waals surface area contributed by atoms with Crippen LogP contribution < -0.4 is 5.32 Å². The Morgan fingerprint density at radius 2 is 2.39 bits per heavy atom. The molecule has 1 aliphatic rings. The van der Waals surface area contributed by atoms with E-state index in [4.69, 9.17) is 4.52 Å². The molecule has 1 unspecified atom stereocenters. The van der Waals surface area contributed by atoms with Crippen LogP contribution in [0.2, 0.25) is 0 Å². The first kappa shape index (κ1) is 16.1. The van der Waals surface area contributed by atoms with Gasteiger partial charge in [-0.05, 0) is 26.3 Å². The van der Waals surface area contributed by atoms with Crippen LogP contribution in [-0.2, 0) is 11.3 Å². The second-order valence-electron chi connectivity index (χ2n) is 5.74. The van der Waals surface area contributed by atoms with Gasteiger partial charge in [-0.2, -0.15) is 4.98 Å². The van der Waals surface area contributed by atoms with Crippen molar-refractivity contribution in [3.05, 3.63) is 23.3 Å². The lowest BCUT2D eigenvalue weighted by Crippen LogP contribution is -2.41. The molecule has 0 aromatic carbocycles. The average molecular weight is 335 g/mol. The highest BCUT2D eigenvalue weighted by molar-refractivity contribution is 7.13. The lowest BCUT2D eigenvalue weighted by Gasteiger charge is -2.25. The normalized spacial score (nSPS) is 16.3. The summed E-state index contributed by atoms with van der Waals surface area (Å²) in [5, 5.41) is 9.33. The van der Waals surface area contributed by atoms with E-state index in [0.717, 1.165) is 25.3 Å². The van der Waals surface area contributed by atoms with Crippen molar-refractivity contribution in [3.8, 4) is 0 Å². The fourth-order valence-electron chi connectivity index (χ4n) is 2.52. The smallest absolute Gasteiger partial charge is 0.243 e. The van der Waals surface area contributed by atoms with E-state index < -0.39 is 0 Å². The fourth-order valence-corrected chi connectivity index (χ4v) is 3.05. The maximum Gasteiger partial charge on any atom is 0.243 e. The average Bonchev–Trinajstić information content (AvgIpc) is 3.14. The molecule has 1 fully saturated rings. The third-order valence-electron chi connectivity index (χ3n) is 4.28. The fraction of sp³-hybridized carbons (Fsp3) is 0.600. The number of carbonyl (C=O) groups excluding carboxylic acids is 1. The van der Waals surface area contributed by atoms with Crippen LogP contribution in [0.4, 0.5) is 5.13 Å². The first-order valence-electron chi connectivity index (χ1n) is 7.94. The first-order valence-corrected chi connectivity index (χ1v) is 8.82. The van der Waals surface area contributed by atoms with Gasteiger partial charge in [0.05, 0.1) is 12.6 Å². The van der Waals surface area contributed by atoms with E-state index in [2.05, 4.69) is 20.4 Å². The van der Waals surface area contributed by atoms with Gasteiger partial charge in [-0.15, -0.1) is 11.3 Å². The van der Waals surface area contributed by atoms with Gasteiger partial charge in [-0.1, -0.05) is 18.5 Å². The van der Waals surface area contributed by atoms with Crippen LogP contribution in [0.1, 0.15) is 50.7 Å². The summed E-state index contributed by atoms with van der Waals surface area (Å²) in [5.41, 5.74) is 0. The van der Waals surface area contributed by atoms with Crippen LogP contribution in [0.3, 0.4) is 0 Å². The van der Waals surface area contributed by atoms with E-state index in [1.54, 1.807) is 6.20 Å². The van der Waals surface area contributed by atoms with Gasteiger partial charge in [0.1, 0.15) is 0 Å². The van der Waals surface area contributed by atoms with Gasteiger partial charge >= 0.3 is 0 Å². The van der Waals surface area contributed by atoms with Crippen LogP contribution in [0, 0.1) is 0 Å². The van der Waals surface area contributed by atoms with Crippen molar-refractivity contribution in [1.82, 2.24) is 20.0 Å². The summed E-state index contributed by atoms with van der Waals surface area (Å²) in [6.45, 7) is 5.11. The Hall–Kier alpha value is -1.80. The molecule has 0 radical (unpaired) electrons. The van der Waals surface area contributed by atoms with Crippen molar-refractivity contribution in [2.75, 3.05) is 11.9 Å². The van der Waals surface area contributed by atoms with Crippen molar-refractivity contribution in [2.24, 2.45) is 0 Å². The number of hydrogen-bond donors (Lipinski definition) is 1. The summed E-state index contributed by atoms with van der Waals surface area (Å²) in [6, 6.07) is -0.297. The Labute approximate surface area is 139 Å². The van der Waals surface area contributed by atoms with Crippen LogP contribution in [-0.4, -0.2) is 38.5 Å². The van der Waals surface area contributed by atoms with Crippen molar-refractivity contribution >= 4 is 22.4 Å². The summed E-state index contributed by atoms with van der Waals surface area (Å²) < 4.78 is 5.34. The monoisotopic (exact) mass is 335 g/mol. The van der Waals surface area contributed by atoms with Gasteiger partial charge in [-0.3, -0.25) is 9.69 Å². The molecule has 1 atom stereocenters. The molecule has 0 bridgehead atoms. The summed E-state index contributed by atoms with van der Waals surface area (Å²) in [5.74, 6) is 1.73. The van der Waals surface area contributed by atoms with Crippen molar-refractivity contribution < 1.29 is 9.32 Å². The summed E-state index contributed by atoms with van der Waals surface area (Å²) in [7, 11) is 0. The van der Waals surface area contributed by atoms with E-state index in [1.807, 2.05) is 24.1 Å². The van der Waals surface area contributed by atoms with Gasteiger partial charge < -0.3 is 9.84 Å². The Morgan fingerprint density at radius 1 is 1.57 bits per heavy atom. The zero-order chi connectivity index (χ0) is 16.2. The van der Waals surface area contributed by atoms with E-state index in [-0.39, 0.29) is 11.9 Å². The quantitative estimate of drug-likeness (QED) is 0.837. The number of nitrogens with zero attached hydrogens (tertiary/aromatic N) is 4. The van der Waals surface area contributed by atoms with Crippen LogP contribution in [0.5, 0.6) is 0 Å². The van der Waals surface area contributed by atoms with E-state index in [1.165, 1.54) is 17.8 Å². The lowest BCUT2D eigenvalue weighted by atomic mass is 9.85. The van der Waals surface area contributed by atoms with Crippen molar-refractivity contribution in [1.29, 1.82) is 0 Å². The molecule has 23 heavy (non-hydrogen) atoms. The Balaban J connectivity index is 1.59. The highest BCUT2D eigenvalue weighted by atomic mass is 32.1. The highest BCUT2D eigenvalue weighted by Crippen LogP contribution is 2.35. The number of aromatic nitrogens is 3. The minimum atomic E-state index is -0.297. The molecule has 1 saturated carbocycles. The molecule has 0 spiro atoms. The van der Waals surface area contributed by atoms with Gasteiger partial charge in [0, 0.05) is 17.5 Å². The standard InChI is InChI=1S/C15H21N5O2S/c1-3-20(10(2)13(21)18-15-16-7-8-23-15)9-12-17-14(22-19-12)11-5-4-6-11/h7-8,10-11H,3-6,9H2,1-2H3,(H,16,18,21). The lowest BCUT2D eigenvalue weighted by molar-refractivity contribution is -0.120. The summed E-state index contributed by atoms with van der Waals surface area (Å²) in [4.78, 5) is 22.9. The number of carbonyl (C=O) groups is 1. The Bertz CT molecular complexity index is 638. The minimum Gasteiger partial charge on any atom is -0.339 e. The number of rotatable bonds is 7. The third kappa shape index (κ3) is 3.76. The van der Waals surface area contributed by atoms with Crippen LogP contribution in [0.25, 0.3) is 0 Å². The van der Waals surface area contributed by atoms with Crippen molar-refractivity contribution in [3.63, 3.8) is 0 Å². The topological polar surface area (TPSA) is 84.2 Å². The molecule has 7 nitrogen and oxygen atoms in total. The van der Waals surface area contributed by atoms with E-state index in [0.29, 0.717) is 23.4 Å². The van der Waals surface area contributed by atoms with Gasteiger partial charge in [0.15, 0.2) is 11.0 Å². The van der Waals surface area contributed by atoms with E-state index in [9.17, 15) is 4.79 Å². The summed E-state index contributed by atoms with van der Waals surface area (Å²) >= 11 is 1.41. The number of anilines is 1. The molecule has 124 valence electrons. The van der Waals surface area contributed by atoms with Crippen LogP contribution in [0.15, 0.2) is 16.1 Å². The third-order valence-corrected chi connectivity index (χ3v) is 4.97. The second-order valence-corrected chi connectivity index (χ2v) is 6.64. The number of amides is 1. The van der Waals surface area contributed by atoms with Gasteiger partial charge in [-0.25, -0.2) is 4.98 Å². The highest BCUT2D eigenvalue weighted by Gasteiger charge is 2.27. The molecule has 1 amide bonds.